The SMILES string of the molecule is CN(CCO)c1nccn2cnnc12. The van der Waals surface area contributed by atoms with Gasteiger partial charge in [0.25, 0.3) is 0 Å². The van der Waals surface area contributed by atoms with Crippen molar-refractivity contribution >= 4 is 11.5 Å². The second kappa shape index (κ2) is 3.59. The monoisotopic (exact) mass is 193 g/mol. The van der Waals surface area contributed by atoms with Gasteiger partial charge >= 0.3 is 0 Å². The molecule has 0 aliphatic heterocycles. The quantitative estimate of drug-likeness (QED) is 0.715. The molecule has 0 spiro atoms. The third-order valence-corrected chi connectivity index (χ3v) is 1.99. The van der Waals surface area contributed by atoms with E-state index in [1.54, 1.807) is 23.1 Å². The number of aliphatic hydroxyl groups is 1. The number of anilines is 1. The van der Waals surface area contributed by atoms with E-state index in [0.29, 0.717) is 12.2 Å². The highest BCUT2D eigenvalue weighted by molar-refractivity contribution is 5.62. The molecule has 0 saturated carbocycles. The Morgan fingerprint density at radius 3 is 3.21 bits per heavy atom. The molecule has 0 aliphatic carbocycles. The molecule has 2 aromatic heterocycles. The molecule has 0 atom stereocenters. The molecule has 2 aromatic rings. The summed E-state index contributed by atoms with van der Waals surface area (Å²) in [7, 11) is 1.85. The summed E-state index contributed by atoms with van der Waals surface area (Å²) in [5.41, 5.74) is 0.698. The van der Waals surface area contributed by atoms with E-state index in [1.807, 2.05) is 11.9 Å². The van der Waals surface area contributed by atoms with Crippen molar-refractivity contribution in [1.29, 1.82) is 0 Å². The first kappa shape index (κ1) is 8.89. The highest BCUT2D eigenvalue weighted by Gasteiger charge is 2.08. The average Bonchev–Trinajstić information content (AvgIpc) is 2.65. The van der Waals surface area contributed by atoms with Crippen LogP contribution >= 0.6 is 0 Å². The first-order valence-corrected chi connectivity index (χ1v) is 4.29. The summed E-state index contributed by atoms with van der Waals surface area (Å²) in [6.45, 7) is 0.618. The van der Waals surface area contributed by atoms with Crippen LogP contribution in [0, 0.1) is 0 Å². The molecule has 0 radical (unpaired) electrons. The van der Waals surface area contributed by atoms with Crippen LogP contribution in [0.3, 0.4) is 0 Å². The summed E-state index contributed by atoms with van der Waals surface area (Å²) < 4.78 is 1.79. The first-order chi connectivity index (χ1) is 6.83. The highest BCUT2D eigenvalue weighted by Crippen LogP contribution is 2.13. The molecule has 0 aromatic carbocycles. The van der Waals surface area contributed by atoms with Crippen LogP contribution in [0.4, 0.5) is 5.82 Å². The summed E-state index contributed by atoms with van der Waals surface area (Å²) >= 11 is 0. The van der Waals surface area contributed by atoms with Crippen LogP contribution in [0.15, 0.2) is 18.7 Å². The summed E-state index contributed by atoms with van der Waals surface area (Å²) in [4.78, 5) is 6.03. The van der Waals surface area contributed by atoms with Crippen molar-refractivity contribution in [3.8, 4) is 0 Å². The van der Waals surface area contributed by atoms with Crippen LogP contribution in [0.5, 0.6) is 0 Å². The van der Waals surface area contributed by atoms with Crippen molar-refractivity contribution in [2.45, 2.75) is 0 Å². The lowest BCUT2D eigenvalue weighted by molar-refractivity contribution is 0.304. The zero-order valence-corrected chi connectivity index (χ0v) is 7.83. The molecule has 0 fully saturated rings. The van der Waals surface area contributed by atoms with Crippen molar-refractivity contribution in [2.24, 2.45) is 0 Å². The zero-order valence-electron chi connectivity index (χ0n) is 7.83. The van der Waals surface area contributed by atoms with Crippen LogP contribution < -0.4 is 4.90 Å². The molecular weight excluding hydrogens is 182 g/mol. The predicted molar refractivity (Wildman–Crippen MR) is 51.1 cm³/mol. The molecule has 2 heterocycles. The smallest absolute Gasteiger partial charge is 0.203 e. The normalized spacial score (nSPS) is 10.7. The largest absolute Gasteiger partial charge is 0.395 e. The Hall–Kier alpha value is -1.69. The lowest BCUT2D eigenvalue weighted by Crippen LogP contribution is -2.22. The third kappa shape index (κ3) is 1.39. The van der Waals surface area contributed by atoms with Crippen molar-refractivity contribution < 1.29 is 5.11 Å². The molecule has 74 valence electrons. The molecule has 6 heteroatoms. The fraction of sp³-hybridized carbons (Fsp3) is 0.375. The minimum atomic E-state index is 0.0906. The Labute approximate surface area is 80.8 Å². The predicted octanol–water partition coefficient (Wildman–Crippen LogP) is -0.447. The van der Waals surface area contributed by atoms with E-state index < -0.39 is 0 Å². The van der Waals surface area contributed by atoms with Gasteiger partial charge in [-0.15, -0.1) is 10.2 Å². The van der Waals surface area contributed by atoms with Crippen molar-refractivity contribution in [3.63, 3.8) is 0 Å². The van der Waals surface area contributed by atoms with E-state index in [9.17, 15) is 0 Å². The van der Waals surface area contributed by atoms with Gasteiger partial charge in [-0.05, 0) is 0 Å². The van der Waals surface area contributed by atoms with Gasteiger partial charge in [0.05, 0.1) is 6.61 Å². The minimum absolute atomic E-state index is 0.0906. The highest BCUT2D eigenvalue weighted by atomic mass is 16.3. The van der Waals surface area contributed by atoms with Gasteiger partial charge in [0.15, 0.2) is 5.82 Å². The van der Waals surface area contributed by atoms with Crippen LogP contribution in [0.1, 0.15) is 0 Å². The van der Waals surface area contributed by atoms with Gasteiger partial charge in [-0.25, -0.2) is 4.98 Å². The van der Waals surface area contributed by atoms with E-state index >= 15 is 0 Å². The lowest BCUT2D eigenvalue weighted by Gasteiger charge is -2.16. The van der Waals surface area contributed by atoms with E-state index in [-0.39, 0.29) is 6.61 Å². The number of rotatable bonds is 3. The topological polar surface area (TPSA) is 66.5 Å². The number of aliphatic hydroxyl groups excluding tert-OH is 1. The maximum atomic E-state index is 8.81. The van der Waals surface area contributed by atoms with E-state index in [1.165, 1.54) is 0 Å². The van der Waals surface area contributed by atoms with Gasteiger partial charge in [0.2, 0.25) is 5.65 Å². The molecule has 2 rings (SSSR count). The minimum Gasteiger partial charge on any atom is -0.395 e. The van der Waals surface area contributed by atoms with Gasteiger partial charge in [0.1, 0.15) is 6.33 Å². The summed E-state index contributed by atoms with van der Waals surface area (Å²) in [6.07, 6.45) is 5.08. The fourth-order valence-electron chi connectivity index (χ4n) is 1.27. The molecule has 0 aliphatic rings. The molecule has 0 saturated heterocycles. The van der Waals surface area contributed by atoms with Gasteiger partial charge in [-0.2, -0.15) is 0 Å². The van der Waals surface area contributed by atoms with Gasteiger partial charge in [-0.1, -0.05) is 0 Å². The Balaban J connectivity index is 2.45. The summed E-state index contributed by atoms with van der Waals surface area (Å²) in [6, 6.07) is 0. The van der Waals surface area contributed by atoms with E-state index in [0.717, 1.165) is 5.82 Å². The Morgan fingerprint density at radius 1 is 1.57 bits per heavy atom. The van der Waals surface area contributed by atoms with Gasteiger partial charge in [0, 0.05) is 26.0 Å². The maximum absolute atomic E-state index is 8.81. The van der Waals surface area contributed by atoms with Gasteiger partial charge in [-0.3, -0.25) is 4.40 Å². The number of nitrogens with zero attached hydrogens (tertiary/aromatic N) is 5. The van der Waals surface area contributed by atoms with Crippen LogP contribution in [0.2, 0.25) is 0 Å². The van der Waals surface area contributed by atoms with E-state index in [4.69, 9.17) is 5.11 Å². The standard InChI is InChI=1S/C8H11N5O/c1-12(4-5-14)7-8-11-10-6-13(8)3-2-9-7/h2-3,6,14H,4-5H2,1H3. The summed E-state index contributed by atoms with van der Waals surface area (Å²) in [5.74, 6) is 0.721. The average molecular weight is 193 g/mol. The molecular formula is C8H11N5O. The number of fused-ring (bicyclic) bond motifs is 1. The number of likely N-dealkylation sites (N-methyl/N-ethyl adjacent to an activating group) is 1. The van der Waals surface area contributed by atoms with Crippen LogP contribution in [-0.4, -0.2) is 44.9 Å². The van der Waals surface area contributed by atoms with Crippen molar-refractivity contribution in [1.82, 2.24) is 19.6 Å². The lowest BCUT2D eigenvalue weighted by atomic mass is 10.5. The van der Waals surface area contributed by atoms with Crippen LogP contribution in [0.25, 0.3) is 5.65 Å². The van der Waals surface area contributed by atoms with Gasteiger partial charge < -0.3 is 10.0 Å². The molecule has 6 nitrogen and oxygen atoms in total. The Morgan fingerprint density at radius 2 is 2.43 bits per heavy atom. The zero-order chi connectivity index (χ0) is 9.97. The Bertz CT molecular complexity index is 426. The molecule has 0 bridgehead atoms. The number of hydrogen-bond donors (Lipinski definition) is 1. The summed E-state index contributed by atoms with van der Waals surface area (Å²) in [5, 5.41) is 16.5. The maximum Gasteiger partial charge on any atom is 0.203 e. The number of aromatic nitrogens is 4. The molecule has 14 heavy (non-hydrogen) atoms. The Kier molecular flexibility index (Phi) is 2.28. The molecule has 0 unspecified atom stereocenters. The molecule has 1 N–H and O–H groups in total. The third-order valence-electron chi connectivity index (χ3n) is 1.99. The van der Waals surface area contributed by atoms with Crippen molar-refractivity contribution in [2.75, 3.05) is 25.1 Å². The second-order valence-electron chi connectivity index (χ2n) is 2.96. The fourth-order valence-corrected chi connectivity index (χ4v) is 1.27. The second-order valence-corrected chi connectivity index (χ2v) is 2.96. The molecule has 0 amide bonds. The number of hydrogen-bond acceptors (Lipinski definition) is 5. The first-order valence-electron chi connectivity index (χ1n) is 4.29. The van der Waals surface area contributed by atoms with Crippen molar-refractivity contribution in [3.05, 3.63) is 18.7 Å². The van der Waals surface area contributed by atoms with Crippen LogP contribution in [-0.2, 0) is 0 Å². The van der Waals surface area contributed by atoms with E-state index in [2.05, 4.69) is 15.2 Å².